The molecule has 0 fully saturated rings. The number of aryl methyl sites for hydroxylation is 1. The maximum Gasteiger partial charge on any atom is 0.0505 e. The minimum absolute atomic E-state index is 0.644. The Hall–Kier alpha value is -1.18. The van der Waals surface area contributed by atoms with Crippen molar-refractivity contribution in [3.05, 3.63) is 52.0 Å². The van der Waals surface area contributed by atoms with Crippen molar-refractivity contribution in [1.82, 2.24) is 0 Å². The first kappa shape index (κ1) is 11.3. The lowest BCUT2D eigenvalue weighted by Gasteiger charge is -2.08. The van der Waals surface area contributed by atoms with E-state index in [9.17, 15) is 0 Å². The van der Waals surface area contributed by atoms with Gasteiger partial charge in [0.1, 0.15) is 0 Å². The van der Waals surface area contributed by atoms with Gasteiger partial charge in [0.05, 0.1) is 5.02 Å². The zero-order valence-corrected chi connectivity index (χ0v) is 10.3. The summed E-state index contributed by atoms with van der Waals surface area (Å²) in [5.41, 5.74) is 9.46. The number of hydrogen-bond acceptors (Lipinski definition) is 1. The molecule has 0 spiro atoms. The van der Waals surface area contributed by atoms with Crippen molar-refractivity contribution in [2.75, 3.05) is 5.73 Å². The first-order valence-corrected chi connectivity index (χ1v) is 5.65. The van der Waals surface area contributed by atoms with E-state index in [1.807, 2.05) is 37.3 Å². The predicted molar refractivity (Wildman–Crippen MR) is 71.0 cm³/mol. The van der Waals surface area contributed by atoms with Gasteiger partial charge in [-0.25, -0.2) is 0 Å². The van der Waals surface area contributed by atoms with Crippen molar-refractivity contribution in [3.8, 4) is 11.1 Å². The minimum atomic E-state index is 0.644. The van der Waals surface area contributed by atoms with Gasteiger partial charge in [-0.15, -0.1) is 0 Å². The lowest BCUT2D eigenvalue weighted by molar-refractivity contribution is 1.46. The van der Waals surface area contributed by atoms with Crippen LogP contribution in [0.2, 0.25) is 10.0 Å². The topological polar surface area (TPSA) is 26.0 Å². The van der Waals surface area contributed by atoms with Crippen LogP contribution in [-0.4, -0.2) is 0 Å². The molecule has 2 N–H and O–H groups in total. The number of nitrogen functional groups attached to an aromatic ring is 1. The lowest BCUT2D eigenvalue weighted by Crippen LogP contribution is -1.91. The highest BCUT2D eigenvalue weighted by Gasteiger charge is 2.06. The standard InChI is InChI=1S/C13H11Cl2N/c1-8-5-11(12(15)7-13(8)16)9-3-2-4-10(14)6-9/h2-7H,16H2,1H3. The Morgan fingerprint density at radius 2 is 1.81 bits per heavy atom. The molecule has 0 aliphatic carbocycles. The van der Waals surface area contributed by atoms with Gasteiger partial charge >= 0.3 is 0 Å². The molecule has 3 heteroatoms. The molecular weight excluding hydrogens is 241 g/mol. The van der Waals surface area contributed by atoms with Gasteiger partial charge in [0.2, 0.25) is 0 Å². The summed E-state index contributed by atoms with van der Waals surface area (Å²) in [7, 11) is 0. The molecule has 0 saturated carbocycles. The molecule has 0 unspecified atom stereocenters. The molecule has 0 radical (unpaired) electrons. The number of anilines is 1. The quantitative estimate of drug-likeness (QED) is 0.740. The summed E-state index contributed by atoms with van der Waals surface area (Å²) in [6, 6.07) is 11.3. The fraction of sp³-hybridized carbons (Fsp3) is 0.0769. The molecular formula is C13H11Cl2N. The third kappa shape index (κ3) is 2.16. The van der Waals surface area contributed by atoms with Crippen LogP contribution in [-0.2, 0) is 0 Å². The second-order valence-electron chi connectivity index (χ2n) is 3.70. The highest BCUT2D eigenvalue weighted by Crippen LogP contribution is 2.32. The Morgan fingerprint density at radius 1 is 1.06 bits per heavy atom. The van der Waals surface area contributed by atoms with Crippen molar-refractivity contribution in [1.29, 1.82) is 0 Å². The fourth-order valence-electron chi connectivity index (χ4n) is 1.57. The third-order valence-electron chi connectivity index (χ3n) is 2.49. The molecule has 0 aliphatic heterocycles. The molecule has 0 aromatic heterocycles. The van der Waals surface area contributed by atoms with Crippen LogP contribution in [0.4, 0.5) is 5.69 Å². The SMILES string of the molecule is Cc1cc(-c2cccc(Cl)c2)c(Cl)cc1N. The summed E-state index contributed by atoms with van der Waals surface area (Å²) >= 11 is 12.1. The van der Waals surface area contributed by atoms with Crippen LogP contribution in [0, 0.1) is 6.92 Å². The van der Waals surface area contributed by atoms with Crippen LogP contribution >= 0.6 is 23.2 Å². The third-order valence-corrected chi connectivity index (χ3v) is 3.04. The number of hydrogen-bond donors (Lipinski definition) is 1. The van der Waals surface area contributed by atoms with Crippen molar-refractivity contribution in [2.24, 2.45) is 0 Å². The van der Waals surface area contributed by atoms with Crippen LogP contribution in [0.5, 0.6) is 0 Å². The Balaban J connectivity index is 2.60. The normalized spacial score (nSPS) is 10.4. The van der Waals surface area contributed by atoms with Crippen molar-refractivity contribution >= 4 is 28.9 Å². The largest absolute Gasteiger partial charge is 0.398 e. The van der Waals surface area contributed by atoms with Crippen LogP contribution in [0.25, 0.3) is 11.1 Å². The zero-order chi connectivity index (χ0) is 11.7. The highest BCUT2D eigenvalue weighted by molar-refractivity contribution is 6.34. The maximum absolute atomic E-state index is 6.17. The van der Waals surface area contributed by atoms with E-state index >= 15 is 0 Å². The van der Waals surface area contributed by atoms with E-state index in [4.69, 9.17) is 28.9 Å². The molecule has 0 heterocycles. The average molecular weight is 252 g/mol. The minimum Gasteiger partial charge on any atom is -0.398 e. The van der Waals surface area contributed by atoms with Crippen molar-refractivity contribution < 1.29 is 0 Å². The van der Waals surface area contributed by atoms with Gasteiger partial charge in [-0.2, -0.15) is 0 Å². The first-order valence-electron chi connectivity index (χ1n) is 4.89. The Bertz CT molecular complexity index is 535. The Labute approximate surface area is 105 Å². The molecule has 2 aromatic rings. The van der Waals surface area contributed by atoms with E-state index in [-0.39, 0.29) is 0 Å². The summed E-state index contributed by atoms with van der Waals surface area (Å²) in [5, 5.41) is 1.34. The smallest absolute Gasteiger partial charge is 0.0505 e. The van der Waals surface area contributed by atoms with Crippen LogP contribution < -0.4 is 5.73 Å². The fourth-order valence-corrected chi connectivity index (χ4v) is 2.05. The van der Waals surface area contributed by atoms with E-state index < -0.39 is 0 Å². The van der Waals surface area contributed by atoms with E-state index in [1.54, 1.807) is 6.07 Å². The average Bonchev–Trinajstić information content (AvgIpc) is 2.23. The molecule has 16 heavy (non-hydrogen) atoms. The van der Waals surface area contributed by atoms with Gasteiger partial charge in [-0.1, -0.05) is 35.3 Å². The lowest BCUT2D eigenvalue weighted by atomic mass is 10.0. The van der Waals surface area contributed by atoms with Gasteiger partial charge in [-0.3, -0.25) is 0 Å². The molecule has 1 nitrogen and oxygen atoms in total. The summed E-state index contributed by atoms with van der Waals surface area (Å²) in [6.45, 7) is 1.96. The summed E-state index contributed by atoms with van der Waals surface area (Å²) < 4.78 is 0. The molecule has 0 amide bonds. The maximum atomic E-state index is 6.17. The zero-order valence-electron chi connectivity index (χ0n) is 8.80. The number of halogens is 2. The molecule has 82 valence electrons. The van der Waals surface area contributed by atoms with Gasteiger partial charge in [-0.05, 0) is 42.3 Å². The number of benzene rings is 2. The van der Waals surface area contributed by atoms with E-state index in [0.717, 1.165) is 16.7 Å². The Morgan fingerprint density at radius 3 is 2.50 bits per heavy atom. The monoisotopic (exact) mass is 251 g/mol. The predicted octanol–water partition coefficient (Wildman–Crippen LogP) is 4.55. The number of nitrogens with two attached hydrogens (primary N) is 1. The molecule has 0 saturated heterocycles. The van der Waals surface area contributed by atoms with Gasteiger partial charge in [0.15, 0.2) is 0 Å². The van der Waals surface area contributed by atoms with Gasteiger partial charge in [0.25, 0.3) is 0 Å². The molecule has 0 atom stereocenters. The molecule has 2 aromatic carbocycles. The second-order valence-corrected chi connectivity index (χ2v) is 4.54. The van der Waals surface area contributed by atoms with E-state index in [2.05, 4.69) is 0 Å². The molecule has 2 rings (SSSR count). The van der Waals surface area contributed by atoms with Crippen molar-refractivity contribution in [2.45, 2.75) is 6.92 Å². The van der Waals surface area contributed by atoms with Crippen molar-refractivity contribution in [3.63, 3.8) is 0 Å². The van der Waals surface area contributed by atoms with Crippen LogP contribution in [0.3, 0.4) is 0 Å². The number of rotatable bonds is 1. The van der Waals surface area contributed by atoms with Crippen LogP contribution in [0.15, 0.2) is 36.4 Å². The second kappa shape index (κ2) is 4.36. The van der Waals surface area contributed by atoms with Gasteiger partial charge in [0, 0.05) is 16.3 Å². The highest BCUT2D eigenvalue weighted by atomic mass is 35.5. The first-order chi connectivity index (χ1) is 7.58. The summed E-state index contributed by atoms with van der Waals surface area (Å²) in [5.74, 6) is 0. The van der Waals surface area contributed by atoms with Crippen LogP contribution in [0.1, 0.15) is 5.56 Å². The Kier molecular flexibility index (Phi) is 3.08. The van der Waals surface area contributed by atoms with E-state index in [1.165, 1.54) is 0 Å². The summed E-state index contributed by atoms with van der Waals surface area (Å²) in [4.78, 5) is 0. The van der Waals surface area contributed by atoms with E-state index in [0.29, 0.717) is 15.7 Å². The molecule has 0 aliphatic rings. The molecule has 0 bridgehead atoms. The van der Waals surface area contributed by atoms with Gasteiger partial charge < -0.3 is 5.73 Å². The summed E-state index contributed by atoms with van der Waals surface area (Å²) in [6.07, 6.45) is 0.